The largest absolute Gasteiger partial charge is 0.503 e. The molecule has 28 heavy (non-hydrogen) atoms. The zero-order valence-corrected chi connectivity index (χ0v) is 18.1. The van der Waals surface area contributed by atoms with Crippen molar-refractivity contribution in [3.05, 3.63) is 74.3 Å². The van der Waals surface area contributed by atoms with Gasteiger partial charge in [0, 0.05) is 16.0 Å². The first kappa shape index (κ1) is 20.4. The summed E-state index contributed by atoms with van der Waals surface area (Å²) in [6, 6.07) is 11.0. The third-order valence-corrected chi connectivity index (χ3v) is 5.48. The average molecular weight is 479 g/mol. The maximum atomic E-state index is 9.98. The van der Waals surface area contributed by atoms with Crippen LogP contribution >= 0.6 is 38.9 Å². The summed E-state index contributed by atoms with van der Waals surface area (Å²) < 4.78 is 7.49. The van der Waals surface area contributed by atoms with E-state index in [-0.39, 0.29) is 5.75 Å². The number of ether oxygens (including phenoxy) is 1. The van der Waals surface area contributed by atoms with Gasteiger partial charge in [0.1, 0.15) is 0 Å². The minimum Gasteiger partial charge on any atom is -0.503 e. The molecule has 0 fully saturated rings. The minimum absolute atomic E-state index is 0.0476. The van der Waals surface area contributed by atoms with E-state index in [4.69, 9.17) is 16.3 Å². The summed E-state index contributed by atoms with van der Waals surface area (Å²) in [6.07, 6.45) is 3.42. The Bertz CT molecular complexity index is 1090. The number of methoxy groups -OCH3 is 1. The topological polar surface area (TPSA) is 59.1 Å². The minimum atomic E-state index is 0.0476. The highest BCUT2D eigenvalue weighted by Crippen LogP contribution is 2.34. The molecule has 1 heterocycles. The Morgan fingerprint density at radius 2 is 2.07 bits per heavy atom. The molecule has 0 amide bonds. The molecule has 3 aromatic rings. The average Bonchev–Trinajstić information content (AvgIpc) is 3.10. The monoisotopic (exact) mass is 477 g/mol. The van der Waals surface area contributed by atoms with Crippen LogP contribution in [-0.4, -0.2) is 29.7 Å². The fourth-order valence-corrected chi connectivity index (χ4v) is 3.86. The van der Waals surface area contributed by atoms with Crippen LogP contribution in [0, 0.1) is 0 Å². The van der Waals surface area contributed by atoms with Crippen LogP contribution < -0.4 is 9.54 Å². The number of hydrogen-bond donors (Lipinski definition) is 1. The molecule has 0 unspecified atom stereocenters. The molecule has 144 valence electrons. The molecule has 0 radical (unpaired) electrons. The van der Waals surface area contributed by atoms with Crippen LogP contribution in [0.2, 0.25) is 5.02 Å². The molecular formula is C20H17BrClN3O2S. The molecular weight excluding hydrogens is 462 g/mol. The zero-order valence-electron chi connectivity index (χ0n) is 15.0. The maximum Gasteiger partial charge on any atom is 0.206 e. The number of aromatic nitrogens is 1. The molecule has 3 rings (SSSR count). The molecule has 1 aromatic heterocycles. The van der Waals surface area contributed by atoms with Crippen LogP contribution in [-0.2, 0) is 0 Å². The van der Waals surface area contributed by atoms with Crippen molar-refractivity contribution in [2.45, 2.75) is 0 Å². The Kier molecular flexibility index (Phi) is 6.72. The van der Waals surface area contributed by atoms with Crippen LogP contribution in [0.1, 0.15) is 5.56 Å². The summed E-state index contributed by atoms with van der Waals surface area (Å²) in [5.74, 6) is 0.409. The second-order valence-electron chi connectivity index (χ2n) is 5.65. The summed E-state index contributed by atoms with van der Waals surface area (Å²) in [5, 5.41) is 17.3. The van der Waals surface area contributed by atoms with Gasteiger partial charge in [-0.3, -0.25) is 4.99 Å². The van der Waals surface area contributed by atoms with Gasteiger partial charge in [0.25, 0.3) is 0 Å². The van der Waals surface area contributed by atoms with E-state index < -0.39 is 0 Å². The Morgan fingerprint density at radius 1 is 1.32 bits per heavy atom. The molecule has 5 nitrogen and oxygen atoms in total. The fraction of sp³-hybridized carbons (Fsp3) is 0.100. The third-order valence-electron chi connectivity index (χ3n) is 3.77. The van der Waals surface area contributed by atoms with Gasteiger partial charge in [0.05, 0.1) is 30.0 Å². The van der Waals surface area contributed by atoms with E-state index in [0.717, 1.165) is 21.6 Å². The summed E-state index contributed by atoms with van der Waals surface area (Å²) >= 11 is 10.8. The Hall–Kier alpha value is -2.35. The number of rotatable bonds is 6. The third kappa shape index (κ3) is 4.55. The number of halogens is 2. The van der Waals surface area contributed by atoms with Gasteiger partial charge in [0.2, 0.25) is 4.80 Å². The number of hydrogen-bond acceptors (Lipinski definition) is 5. The zero-order chi connectivity index (χ0) is 20.1. The Labute approximate surface area is 180 Å². The lowest BCUT2D eigenvalue weighted by Gasteiger charge is -2.07. The molecule has 8 heteroatoms. The van der Waals surface area contributed by atoms with Crippen LogP contribution in [0.15, 0.2) is 69.0 Å². The summed E-state index contributed by atoms with van der Waals surface area (Å²) in [4.78, 5) is 5.26. The number of benzene rings is 2. The van der Waals surface area contributed by atoms with Crippen LogP contribution in [0.4, 0.5) is 0 Å². The summed E-state index contributed by atoms with van der Waals surface area (Å²) in [7, 11) is 1.50. The van der Waals surface area contributed by atoms with Crippen molar-refractivity contribution >= 4 is 45.1 Å². The van der Waals surface area contributed by atoms with Crippen molar-refractivity contribution in [1.82, 2.24) is 4.68 Å². The van der Waals surface area contributed by atoms with Gasteiger partial charge >= 0.3 is 0 Å². The first-order valence-electron chi connectivity index (χ1n) is 8.22. The number of nitrogens with zero attached hydrogens (tertiary/aromatic N) is 3. The highest BCUT2D eigenvalue weighted by atomic mass is 79.9. The predicted molar refractivity (Wildman–Crippen MR) is 119 cm³/mol. The number of phenolic OH excluding ortho intramolecular Hbond substituents is 1. The van der Waals surface area contributed by atoms with E-state index in [9.17, 15) is 5.11 Å². The highest BCUT2D eigenvalue weighted by Gasteiger charge is 2.09. The Morgan fingerprint density at radius 3 is 2.75 bits per heavy atom. The van der Waals surface area contributed by atoms with Gasteiger partial charge in [-0.2, -0.15) is 5.10 Å². The number of phenols is 1. The summed E-state index contributed by atoms with van der Waals surface area (Å²) in [6.45, 7) is 4.21. The second kappa shape index (κ2) is 9.23. The van der Waals surface area contributed by atoms with E-state index in [0.29, 0.717) is 21.8 Å². The lowest BCUT2D eigenvalue weighted by Crippen LogP contribution is -2.12. The van der Waals surface area contributed by atoms with E-state index in [1.54, 1.807) is 29.1 Å². The molecule has 2 aromatic carbocycles. The highest BCUT2D eigenvalue weighted by molar-refractivity contribution is 9.10. The van der Waals surface area contributed by atoms with Crippen LogP contribution in [0.3, 0.4) is 0 Å². The van der Waals surface area contributed by atoms with E-state index in [1.807, 2.05) is 29.6 Å². The Balaban J connectivity index is 2.08. The first-order chi connectivity index (χ1) is 13.5. The quantitative estimate of drug-likeness (QED) is 0.385. The van der Waals surface area contributed by atoms with Crippen molar-refractivity contribution < 1.29 is 9.84 Å². The lowest BCUT2D eigenvalue weighted by atomic mass is 10.2. The second-order valence-corrected chi connectivity index (χ2v) is 7.78. The van der Waals surface area contributed by atoms with Crippen molar-refractivity contribution in [2.24, 2.45) is 10.1 Å². The van der Waals surface area contributed by atoms with Gasteiger partial charge in [-0.25, -0.2) is 4.68 Å². The van der Waals surface area contributed by atoms with E-state index in [2.05, 4.69) is 32.6 Å². The fourth-order valence-electron chi connectivity index (χ4n) is 2.43. The van der Waals surface area contributed by atoms with E-state index >= 15 is 0 Å². The predicted octanol–water partition coefficient (Wildman–Crippen LogP) is 5.32. The maximum absolute atomic E-state index is 9.98. The molecule has 0 aliphatic heterocycles. The van der Waals surface area contributed by atoms with Crippen LogP contribution in [0.25, 0.3) is 11.3 Å². The number of aromatic hydroxyl groups is 1. The molecule has 0 bridgehead atoms. The van der Waals surface area contributed by atoms with Crippen LogP contribution in [0.5, 0.6) is 11.5 Å². The van der Waals surface area contributed by atoms with Crippen molar-refractivity contribution in [3.63, 3.8) is 0 Å². The van der Waals surface area contributed by atoms with Gasteiger partial charge in [-0.1, -0.05) is 29.8 Å². The van der Waals surface area contributed by atoms with Crippen molar-refractivity contribution in [1.29, 1.82) is 0 Å². The summed E-state index contributed by atoms with van der Waals surface area (Å²) in [5.41, 5.74) is 2.63. The molecule has 0 saturated heterocycles. The van der Waals surface area contributed by atoms with Crippen molar-refractivity contribution in [2.75, 3.05) is 13.7 Å². The smallest absolute Gasteiger partial charge is 0.206 e. The molecule has 0 atom stereocenters. The van der Waals surface area contributed by atoms with Gasteiger partial charge < -0.3 is 9.84 Å². The van der Waals surface area contributed by atoms with Gasteiger partial charge in [-0.05, 0) is 45.8 Å². The molecule has 1 N–H and O–H groups in total. The van der Waals surface area contributed by atoms with Crippen molar-refractivity contribution in [3.8, 4) is 22.8 Å². The molecule has 0 aliphatic carbocycles. The first-order valence-corrected chi connectivity index (χ1v) is 10.3. The standard InChI is InChI=1S/C20H17BrClN3O2S/c1-3-8-23-20-25(17(12-28-20)14-4-6-15(22)7-5-14)24-11-13-9-16(21)19(26)18(10-13)27-2/h3-7,9-12,26H,1,8H2,2H3. The number of thiazole rings is 1. The van der Waals surface area contributed by atoms with Gasteiger partial charge in [0.15, 0.2) is 11.5 Å². The SMILES string of the molecule is C=CCN=c1scc(-c2ccc(Cl)cc2)n1N=Cc1cc(Br)c(O)c(OC)c1. The van der Waals surface area contributed by atoms with Gasteiger partial charge in [-0.15, -0.1) is 17.9 Å². The normalized spacial score (nSPS) is 11.9. The molecule has 0 spiro atoms. The molecule has 0 saturated carbocycles. The van der Waals surface area contributed by atoms with E-state index in [1.165, 1.54) is 18.4 Å². The molecule has 0 aliphatic rings. The lowest BCUT2D eigenvalue weighted by molar-refractivity contribution is 0.372.